The van der Waals surface area contributed by atoms with Crippen molar-refractivity contribution in [1.29, 1.82) is 5.26 Å². The van der Waals surface area contributed by atoms with Crippen LogP contribution in [0.5, 0.6) is 0 Å². The zero-order valence-corrected chi connectivity index (χ0v) is 19.7. The van der Waals surface area contributed by atoms with E-state index in [-0.39, 0.29) is 34.6 Å². The molecular formula is C22H26ClN5O4S. The maximum Gasteiger partial charge on any atom is 0.287 e. The summed E-state index contributed by atoms with van der Waals surface area (Å²) in [4.78, 5) is 12.9. The van der Waals surface area contributed by atoms with E-state index in [1.807, 2.05) is 6.07 Å². The third-order valence-electron chi connectivity index (χ3n) is 6.15. The molecule has 2 aliphatic rings. The number of halogens is 1. The first-order valence-electron chi connectivity index (χ1n) is 11.0. The predicted molar refractivity (Wildman–Crippen MR) is 124 cm³/mol. The Hall–Kier alpha value is -2.45. The lowest BCUT2D eigenvalue weighted by molar-refractivity contribution is 0.0595. The Balaban J connectivity index is 1.41. The van der Waals surface area contributed by atoms with Crippen LogP contribution in [0.15, 0.2) is 40.2 Å². The molecule has 1 aromatic carbocycles. The molecule has 3 heterocycles. The maximum atomic E-state index is 13.0. The summed E-state index contributed by atoms with van der Waals surface area (Å²) in [5, 5.41) is 16.7. The lowest BCUT2D eigenvalue weighted by Gasteiger charge is -2.31. The fraction of sp³-hybridized carbons (Fsp3) is 0.500. The molecule has 0 bridgehead atoms. The van der Waals surface area contributed by atoms with Crippen LogP contribution in [0.4, 0.5) is 5.69 Å². The Labute approximate surface area is 198 Å². The molecule has 0 spiro atoms. The van der Waals surface area contributed by atoms with Gasteiger partial charge in [-0.15, -0.1) is 0 Å². The third-order valence-corrected chi connectivity index (χ3v) is 8.41. The fourth-order valence-electron chi connectivity index (χ4n) is 4.25. The number of nitrogens with one attached hydrogen (secondary N) is 1. The molecule has 2 fully saturated rings. The summed E-state index contributed by atoms with van der Waals surface area (Å²) in [5.41, 5.74) is 0.409. The Morgan fingerprint density at radius 1 is 1.27 bits per heavy atom. The monoisotopic (exact) mass is 491 g/mol. The Bertz CT molecular complexity index is 1200. The van der Waals surface area contributed by atoms with Crippen LogP contribution < -0.4 is 10.9 Å². The number of anilines is 1. The maximum absolute atomic E-state index is 13.0. The van der Waals surface area contributed by atoms with Gasteiger partial charge in [-0.2, -0.15) is 14.7 Å². The summed E-state index contributed by atoms with van der Waals surface area (Å²) in [6.45, 7) is 2.64. The van der Waals surface area contributed by atoms with Gasteiger partial charge in [0.2, 0.25) is 10.0 Å². The van der Waals surface area contributed by atoms with E-state index in [0.29, 0.717) is 43.2 Å². The number of sulfonamides is 1. The van der Waals surface area contributed by atoms with E-state index in [4.69, 9.17) is 21.6 Å². The van der Waals surface area contributed by atoms with Crippen molar-refractivity contribution in [3.05, 3.63) is 51.4 Å². The van der Waals surface area contributed by atoms with Gasteiger partial charge < -0.3 is 10.1 Å². The van der Waals surface area contributed by atoms with Crippen LogP contribution in [0.3, 0.4) is 0 Å². The number of hydrogen-bond donors (Lipinski definition) is 1. The lowest BCUT2D eigenvalue weighted by atomic mass is 10.0. The van der Waals surface area contributed by atoms with Gasteiger partial charge in [0.15, 0.2) is 0 Å². The molecular weight excluding hydrogens is 466 g/mol. The molecule has 176 valence electrons. The molecule has 0 amide bonds. The number of benzene rings is 1. The Morgan fingerprint density at radius 3 is 2.76 bits per heavy atom. The van der Waals surface area contributed by atoms with E-state index >= 15 is 0 Å². The van der Waals surface area contributed by atoms with Gasteiger partial charge in [0, 0.05) is 26.2 Å². The quantitative estimate of drug-likeness (QED) is 0.659. The number of ether oxygens (including phenoxy) is 1. The summed E-state index contributed by atoms with van der Waals surface area (Å²) in [6.07, 6.45) is 4.53. The van der Waals surface area contributed by atoms with Crippen molar-refractivity contribution in [3.8, 4) is 6.07 Å². The average Bonchev–Trinajstić information content (AvgIpc) is 2.86. The van der Waals surface area contributed by atoms with Crippen LogP contribution in [-0.4, -0.2) is 55.4 Å². The highest BCUT2D eigenvalue weighted by molar-refractivity contribution is 7.89. The van der Waals surface area contributed by atoms with E-state index in [1.165, 1.54) is 21.1 Å². The smallest absolute Gasteiger partial charge is 0.287 e. The largest absolute Gasteiger partial charge is 0.382 e. The molecule has 0 saturated carbocycles. The Kier molecular flexibility index (Phi) is 7.34. The van der Waals surface area contributed by atoms with Gasteiger partial charge in [-0.25, -0.2) is 13.1 Å². The molecule has 1 aromatic heterocycles. The molecule has 2 saturated heterocycles. The minimum absolute atomic E-state index is 0.0881. The summed E-state index contributed by atoms with van der Waals surface area (Å²) >= 11 is 6.35. The normalized spacial score (nSPS) is 20.3. The van der Waals surface area contributed by atoms with E-state index in [2.05, 4.69) is 10.4 Å². The summed E-state index contributed by atoms with van der Waals surface area (Å²) < 4.78 is 34.1. The SMILES string of the molecule is N#Cc1cccc(S(=O)(=O)N2CCC(n3ncc(NC[C@H]4CCCOC4)c(Cl)c3=O)CC2)c1. The van der Waals surface area contributed by atoms with Crippen molar-refractivity contribution in [2.75, 3.05) is 38.2 Å². The van der Waals surface area contributed by atoms with Crippen LogP contribution in [0.2, 0.25) is 5.02 Å². The fourth-order valence-corrected chi connectivity index (χ4v) is 5.97. The van der Waals surface area contributed by atoms with Gasteiger partial charge in [-0.3, -0.25) is 4.79 Å². The molecule has 0 radical (unpaired) electrons. The first kappa shape index (κ1) is 23.7. The average molecular weight is 492 g/mol. The minimum Gasteiger partial charge on any atom is -0.382 e. The predicted octanol–water partition coefficient (Wildman–Crippen LogP) is 2.63. The molecule has 0 aliphatic carbocycles. The van der Waals surface area contributed by atoms with Crippen LogP contribution >= 0.6 is 11.6 Å². The number of nitrogens with zero attached hydrogens (tertiary/aromatic N) is 4. The van der Waals surface area contributed by atoms with Gasteiger partial charge in [0.25, 0.3) is 5.56 Å². The number of aromatic nitrogens is 2. The molecule has 2 aliphatic heterocycles. The highest BCUT2D eigenvalue weighted by atomic mass is 35.5. The standard InChI is InChI=1S/C22H26ClN5O4S/c23-21-20(25-13-17-4-2-10-32-15-17)14-26-28(22(21)29)18-6-8-27(9-7-18)33(30,31)19-5-1-3-16(11-19)12-24/h1,3,5,11,14,17-18,25H,2,4,6-10,13,15H2/t17-/m1/s1. The van der Waals surface area contributed by atoms with Crippen LogP contribution in [0.1, 0.15) is 37.3 Å². The zero-order valence-electron chi connectivity index (χ0n) is 18.1. The van der Waals surface area contributed by atoms with Gasteiger partial charge >= 0.3 is 0 Å². The summed E-state index contributed by atoms with van der Waals surface area (Å²) in [6, 6.07) is 7.70. The van der Waals surface area contributed by atoms with Crippen molar-refractivity contribution in [2.24, 2.45) is 5.92 Å². The number of nitriles is 1. The first-order chi connectivity index (χ1) is 15.9. The molecule has 2 aromatic rings. The van der Waals surface area contributed by atoms with E-state index in [0.717, 1.165) is 19.4 Å². The van der Waals surface area contributed by atoms with Crippen LogP contribution in [-0.2, 0) is 14.8 Å². The third kappa shape index (κ3) is 5.22. The Morgan fingerprint density at radius 2 is 2.06 bits per heavy atom. The van der Waals surface area contributed by atoms with Gasteiger partial charge in [-0.1, -0.05) is 17.7 Å². The van der Waals surface area contributed by atoms with E-state index in [1.54, 1.807) is 18.3 Å². The lowest BCUT2D eigenvalue weighted by Crippen LogP contribution is -2.41. The van der Waals surface area contributed by atoms with Crippen molar-refractivity contribution in [1.82, 2.24) is 14.1 Å². The molecule has 4 rings (SSSR count). The molecule has 1 N–H and O–H groups in total. The van der Waals surface area contributed by atoms with Crippen LogP contribution in [0.25, 0.3) is 0 Å². The second-order valence-corrected chi connectivity index (χ2v) is 10.7. The van der Waals surface area contributed by atoms with Crippen molar-refractivity contribution in [2.45, 2.75) is 36.6 Å². The molecule has 9 nitrogen and oxygen atoms in total. The van der Waals surface area contributed by atoms with E-state index < -0.39 is 10.0 Å². The highest BCUT2D eigenvalue weighted by Gasteiger charge is 2.31. The zero-order chi connectivity index (χ0) is 23.4. The van der Waals surface area contributed by atoms with Gasteiger partial charge in [0.05, 0.1) is 41.1 Å². The van der Waals surface area contributed by atoms with Crippen molar-refractivity contribution < 1.29 is 13.2 Å². The van der Waals surface area contributed by atoms with E-state index in [9.17, 15) is 13.2 Å². The molecule has 0 unspecified atom stereocenters. The first-order valence-corrected chi connectivity index (χ1v) is 12.8. The highest BCUT2D eigenvalue weighted by Crippen LogP contribution is 2.27. The summed E-state index contributed by atoms with van der Waals surface area (Å²) in [5.74, 6) is 0.373. The number of hydrogen-bond acceptors (Lipinski definition) is 7. The summed E-state index contributed by atoms with van der Waals surface area (Å²) in [7, 11) is -3.72. The molecule has 11 heteroatoms. The van der Waals surface area contributed by atoms with Crippen molar-refractivity contribution in [3.63, 3.8) is 0 Å². The second-order valence-electron chi connectivity index (χ2n) is 8.36. The topological polar surface area (TPSA) is 117 Å². The molecule has 1 atom stereocenters. The second kappa shape index (κ2) is 10.2. The number of rotatable bonds is 6. The van der Waals surface area contributed by atoms with Gasteiger partial charge in [-0.05, 0) is 49.8 Å². The number of piperidine rings is 1. The van der Waals surface area contributed by atoms with Crippen molar-refractivity contribution >= 4 is 27.3 Å². The van der Waals surface area contributed by atoms with Crippen LogP contribution in [0, 0.1) is 17.2 Å². The minimum atomic E-state index is -3.72. The molecule has 33 heavy (non-hydrogen) atoms. The van der Waals surface area contributed by atoms with Gasteiger partial charge in [0.1, 0.15) is 5.02 Å².